The largest absolute Gasteiger partial charge is 0.376 e. The Hall–Kier alpha value is -2.13. The summed E-state index contributed by atoms with van der Waals surface area (Å²) in [6.07, 6.45) is 1.95. The lowest BCUT2D eigenvalue weighted by Gasteiger charge is -2.49. The van der Waals surface area contributed by atoms with E-state index in [2.05, 4.69) is 59.9 Å². The van der Waals surface area contributed by atoms with Crippen molar-refractivity contribution in [2.45, 2.75) is 64.8 Å². The molecule has 0 bridgehead atoms. The molecule has 2 aromatic rings. The van der Waals surface area contributed by atoms with Crippen LogP contribution >= 0.6 is 23.2 Å². The maximum Gasteiger partial charge on any atom is 0.334 e. The highest BCUT2D eigenvalue weighted by atomic mass is 35.5. The Kier molecular flexibility index (Phi) is 8.60. The van der Waals surface area contributed by atoms with Gasteiger partial charge in [-0.1, -0.05) is 49.2 Å². The van der Waals surface area contributed by atoms with Crippen LogP contribution in [0.2, 0.25) is 10.2 Å². The second-order valence-electron chi connectivity index (χ2n) is 10.2. The smallest absolute Gasteiger partial charge is 0.334 e. The summed E-state index contributed by atoms with van der Waals surface area (Å²) in [6, 6.07) is 10.1. The summed E-state index contributed by atoms with van der Waals surface area (Å²) < 4.78 is 5.66. The summed E-state index contributed by atoms with van der Waals surface area (Å²) in [4.78, 5) is 20.8. The van der Waals surface area contributed by atoms with Gasteiger partial charge in [0, 0.05) is 55.5 Å². The molecule has 0 radical (unpaired) electrons. The summed E-state index contributed by atoms with van der Waals surface area (Å²) in [5, 5.41) is 16.4. The van der Waals surface area contributed by atoms with Gasteiger partial charge in [-0.15, -0.1) is 0 Å². The lowest BCUT2D eigenvalue weighted by molar-refractivity contribution is -0.383. The highest BCUT2D eigenvalue weighted by molar-refractivity contribution is 6.30. The topological polar surface area (TPSA) is 83.8 Å². The van der Waals surface area contributed by atoms with E-state index in [1.807, 2.05) is 12.1 Å². The molecule has 0 aliphatic carbocycles. The fourth-order valence-corrected chi connectivity index (χ4v) is 5.84. The number of piperazine rings is 1. The van der Waals surface area contributed by atoms with E-state index in [9.17, 15) is 10.1 Å². The summed E-state index contributed by atoms with van der Waals surface area (Å²) in [6.45, 7) is 11.3. The van der Waals surface area contributed by atoms with Crippen molar-refractivity contribution < 1.29 is 9.66 Å². The normalized spacial score (nSPS) is 23.8. The molecular weight excluding hydrogens is 501 g/mol. The second-order valence-corrected chi connectivity index (χ2v) is 11.0. The molecule has 1 aromatic carbocycles. The zero-order valence-electron chi connectivity index (χ0n) is 21.3. The molecule has 1 unspecified atom stereocenters. The Bertz CT molecular complexity index is 1060. The Balaban J connectivity index is 1.61. The van der Waals surface area contributed by atoms with E-state index in [0.29, 0.717) is 24.7 Å². The van der Waals surface area contributed by atoms with Crippen LogP contribution in [-0.4, -0.2) is 59.2 Å². The highest BCUT2D eigenvalue weighted by Gasteiger charge is 2.38. The SMILES string of the molecule is CC(C)C(c1ccc(Cl)cc1)N1C[C@H](C)N(c2cc(Cl)nc(NC[C@@H]3CCCO3)c2[N+](=O)[O-])C[C@H]1C. The van der Waals surface area contributed by atoms with Crippen LogP contribution in [0.25, 0.3) is 0 Å². The third kappa shape index (κ3) is 5.88. The highest BCUT2D eigenvalue weighted by Crippen LogP contribution is 2.41. The van der Waals surface area contributed by atoms with Crippen molar-refractivity contribution in [3.05, 3.63) is 56.2 Å². The summed E-state index contributed by atoms with van der Waals surface area (Å²) in [5.74, 6) is 0.576. The summed E-state index contributed by atoms with van der Waals surface area (Å²) in [5.41, 5.74) is 1.69. The van der Waals surface area contributed by atoms with E-state index in [4.69, 9.17) is 27.9 Å². The van der Waals surface area contributed by atoms with Gasteiger partial charge in [0.15, 0.2) is 0 Å². The number of hydrogen-bond donors (Lipinski definition) is 1. The molecule has 0 saturated carbocycles. The van der Waals surface area contributed by atoms with Gasteiger partial charge >= 0.3 is 5.69 Å². The summed E-state index contributed by atoms with van der Waals surface area (Å²) in [7, 11) is 0. The monoisotopic (exact) mass is 535 g/mol. The Labute approximate surface area is 223 Å². The first-order valence-electron chi connectivity index (χ1n) is 12.6. The van der Waals surface area contributed by atoms with E-state index < -0.39 is 0 Å². The van der Waals surface area contributed by atoms with Gasteiger partial charge in [-0.3, -0.25) is 15.0 Å². The molecule has 1 N–H and O–H groups in total. The van der Waals surface area contributed by atoms with Crippen LogP contribution in [0.3, 0.4) is 0 Å². The number of nitrogens with one attached hydrogen (secondary N) is 1. The van der Waals surface area contributed by atoms with Crippen LogP contribution < -0.4 is 10.2 Å². The number of rotatable bonds is 8. The standard InChI is InChI=1S/C26H35Cl2N5O3/c1-16(2)24(19-7-9-20(27)10-8-19)32-15-17(3)31(14-18(32)4)22-12-23(28)30-26(25(22)33(34)35)29-13-21-6-5-11-36-21/h7-10,12,16-18,21,24H,5-6,11,13-15H2,1-4H3,(H,29,30)/t17-,18+,21-,24?/m0/s1. The zero-order chi connectivity index (χ0) is 26.0. The molecule has 3 heterocycles. The van der Waals surface area contributed by atoms with E-state index >= 15 is 0 Å². The zero-order valence-corrected chi connectivity index (χ0v) is 22.8. The second kappa shape index (κ2) is 11.5. The van der Waals surface area contributed by atoms with Gasteiger partial charge in [0.1, 0.15) is 10.8 Å². The van der Waals surface area contributed by atoms with Crippen molar-refractivity contribution >= 4 is 40.4 Å². The van der Waals surface area contributed by atoms with Gasteiger partial charge in [0.2, 0.25) is 5.82 Å². The lowest BCUT2D eigenvalue weighted by atomic mass is 9.91. The minimum atomic E-state index is -0.356. The van der Waals surface area contributed by atoms with Crippen molar-refractivity contribution in [1.82, 2.24) is 9.88 Å². The number of pyridine rings is 1. The minimum Gasteiger partial charge on any atom is -0.376 e. The van der Waals surface area contributed by atoms with E-state index in [1.165, 1.54) is 5.56 Å². The predicted molar refractivity (Wildman–Crippen MR) is 145 cm³/mol. The number of nitro groups is 1. The van der Waals surface area contributed by atoms with Gasteiger partial charge < -0.3 is 15.0 Å². The van der Waals surface area contributed by atoms with Crippen LogP contribution in [0.4, 0.5) is 17.2 Å². The Morgan fingerprint density at radius 3 is 2.53 bits per heavy atom. The molecule has 0 amide bonds. The van der Waals surface area contributed by atoms with Crippen LogP contribution in [0, 0.1) is 16.0 Å². The first kappa shape index (κ1) is 26.9. The molecule has 1 aromatic heterocycles. The number of benzene rings is 1. The molecule has 4 atom stereocenters. The molecule has 2 saturated heterocycles. The predicted octanol–water partition coefficient (Wildman–Crippen LogP) is 6.18. The average Bonchev–Trinajstić information content (AvgIpc) is 3.34. The van der Waals surface area contributed by atoms with Gasteiger partial charge in [0.25, 0.3) is 0 Å². The van der Waals surface area contributed by atoms with Crippen LogP contribution in [0.5, 0.6) is 0 Å². The number of aromatic nitrogens is 1. The number of hydrogen-bond acceptors (Lipinski definition) is 7. The van der Waals surface area contributed by atoms with Gasteiger partial charge in [0.05, 0.1) is 11.0 Å². The fourth-order valence-electron chi connectivity index (χ4n) is 5.53. The van der Waals surface area contributed by atoms with Crippen molar-refractivity contribution in [1.29, 1.82) is 0 Å². The number of anilines is 2. The molecule has 2 aliphatic rings. The third-order valence-electron chi connectivity index (χ3n) is 7.19. The molecule has 36 heavy (non-hydrogen) atoms. The van der Waals surface area contributed by atoms with Gasteiger partial charge in [-0.05, 0) is 50.3 Å². The summed E-state index contributed by atoms with van der Waals surface area (Å²) >= 11 is 12.5. The molecule has 2 aliphatic heterocycles. The number of ether oxygens (including phenoxy) is 1. The first-order valence-corrected chi connectivity index (χ1v) is 13.4. The number of nitrogens with zero attached hydrogens (tertiary/aromatic N) is 4. The Morgan fingerprint density at radius 1 is 1.19 bits per heavy atom. The van der Waals surface area contributed by atoms with Crippen LogP contribution in [-0.2, 0) is 4.74 Å². The molecule has 10 heteroatoms. The Morgan fingerprint density at radius 2 is 1.92 bits per heavy atom. The molecule has 196 valence electrons. The molecule has 0 spiro atoms. The van der Waals surface area contributed by atoms with E-state index in [0.717, 1.165) is 31.0 Å². The minimum absolute atomic E-state index is 0.0251. The molecule has 8 nitrogen and oxygen atoms in total. The van der Waals surface area contributed by atoms with E-state index in [1.54, 1.807) is 6.07 Å². The maximum atomic E-state index is 12.3. The van der Waals surface area contributed by atoms with Gasteiger partial charge in [-0.2, -0.15) is 0 Å². The lowest BCUT2D eigenvalue weighted by Crippen LogP contribution is -2.58. The first-order chi connectivity index (χ1) is 17.2. The quantitative estimate of drug-likeness (QED) is 0.245. The molecule has 4 rings (SSSR count). The van der Waals surface area contributed by atoms with Crippen LogP contribution in [0.1, 0.15) is 52.1 Å². The average molecular weight is 537 g/mol. The molecule has 2 fully saturated rings. The van der Waals surface area contributed by atoms with Crippen molar-refractivity contribution in [2.24, 2.45) is 5.92 Å². The third-order valence-corrected chi connectivity index (χ3v) is 7.63. The molecular formula is C26H35Cl2N5O3. The maximum absolute atomic E-state index is 12.3. The fraction of sp³-hybridized carbons (Fsp3) is 0.577. The van der Waals surface area contributed by atoms with Gasteiger partial charge in [-0.25, -0.2) is 4.98 Å². The van der Waals surface area contributed by atoms with Crippen molar-refractivity contribution in [3.8, 4) is 0 Å². The number of halogens is 2. The van der Waals surface area contributed by atoms with Crippen LogP contribution in [0.15, 0.2) is 30.3 Å². The van der Waals surface area contributed by atoms with Crippen molar-refractivity contribution in [2.75, 3.05) is 36.5 Å². The van der Waals surface area contributed by atoms with Crippen molar-refractivity contribution in [3.63, 3.8) is 0 Å². The van der Waals surface area contributed by atoms with E-state index in [-0.39, 0.29) is 45.8 Å².